The van der Waals surface area contributed by atoms with Crippen molar-refractivity contribution in [3.63, 3.8) is 0 Å². The van der Waals surface area contributed by atoms with Crippen LogP contribution in [0.4, 0.5) is 0 Å². The summed E-state index contributed by atoms with van der Waals surface area (Å²) in [7, 11) is -1.55. The summed E-state index contributed by atoms with van der Waals surface area (Å²) in [6, 6.07) is 0. The van der Waals surface area contributed by atoms with Crippen molar-refractivity contribution >= 4 is 10.0 Å². The van der Waals surface area contributed by atoms with Gasteiger partial charge in [-0.2, -0.15) is 4.31 Å². The van der Waals surface area contributed by atoms with Gasteiger partial charge in [-0.1, -0.05) is 0 Å². The zero-order valence-corrected chi connectivity index (χ0v) is 8.55. The van der Waals surface area contributed by atoms with Crippen LogP contribution in [-0.2, 0) is 19.5 Å². The van der Waals surface area contributed by atoms with Crippen LogP contribution in [0.1, 0.15) is 12.8 Å². The monoisotopic (exact) mass is 209 g/mol. The van der Waals surface area contributed by atoms with E-state index in [1.54, 1.807) is 0 Å². The zero-order chi connectivity index (χ0) is 9.73. The Balaban J connectivity index is 2.38. The summed E-state index contributed by atoms with van der Waals surface area (Å²) in [5, 5.41) is 0. The van der Waals surface area contributed by atoms with E-state index in [9.17, 15) is 8.42 Å². The lowest BCUT2D eigenvalue weighted by atomic mass is 10.3. The highest BCUT2D eigenvalue weighted by atomic mass is 32.2. The average Bonchev–Trinajstić information content (AvgIpc) is 2.08. The first-order valence-electron chi connectivity index (χ1n) is 4.21. The molecule has 1 aliphatic heterocycles. The molecule has 13 heavy (non-hydrogen) atoms. The van der Waals surface area contributed by atoms with E-state index in [0.717, 1.165) is 12.8 Å². The average molecular weight is 209 g/mol. The van der Waals surface area contributed by atoms with Gasteiger partial charge in [-0.05, 0) is 12.8 Å². The minimum absolute atomic E-state index is 0.107. The lowest BCUT2D eigenvalue weighted by Crippen LogP contribution is -2.39. The Morgan fingerprint density at radius 1 is 1.38 bits per heavy atom. The first-order valence-corrected chi connectivity index (χ1v) is 5.82. The highest BCUT2D eigenvalue weighted by Crippen LogP contribution is 2.12. The maximum absolute atomic E-state index is 11.4. The van der Waals surface area contributed by atoms with Crippen LogP contribution in [0.5, 0.6) is 0 Å². The lowest BCUT2D eigenvalue weighted by molar-refractivity contribution is -0.0563. The van der Waals surface area contributed by atoms with Crippen molar-refractivity contribution in [1.82, 2.24) is 4.31 Å². The molecule has 0 spiro atoms. The summed E-state index contributed by atoms with van der Waals surface area (Å²) < 4.78 is 33.8. The van der Waals surface area contributed by atoms with Gasteiger partial charge in [0.05, 0.1) is 5.75 Å². The van der Waals surface area contributed by atoms with Crippen LogP contribution in [0.25, 0.3) is 0 Å². The Bertz CT molecular complexity index is 239. The maximum Gasteiger partial charge on any atom is 0.216 e. The molecule has 1 saturated heterocycles. The van der Waals surface area contributed by atoms with E-state index >= 15 is 0 Å². The third kappa shape index (κ3) is 3.22. The van der Waals surface area contributed by atoms with E-state index in [2.05, 4.69) is 4.74 Å². The Morgan fingerprint density at radius 2 is 2.15 bits per heavy atom. The number of ether oxygens (including phenoxy) is 2. The molecule has 1 aliphatic rings. The van der Waals surface area contributed by atoms with E-state index in [-0.39, 0.29) is 19.3 Å². The molecule has 0 radical (unpaired) electrons. The van der Waals surface area contributed by atoms with E-state index in [1.807, 2.05) is 0 Å². The minimum Gasteiger partial charge on any atom is -0.359 e. The highest BCUT2D eigenvalue weighted by Gasteiger charge is 2.25. The molecule has 1 heterocycles. The fraction of sp³-hybridized carbons (Fsp3) is 1.00. The molecule has 0 aromatic rings. The van der Waals surface area contributed by atoms with Gasteiger partial charge in [-0.3, -0.25) is 0 Å². The predicted molar refractivity (Wildman–Crippen MR) is 47.6 cm³/mol. The molecular formula is C7H15NO4S. The first kappa shape index (κ1) is 10.9. The Morgan fingerprint density at radius 3 is 2.77 bits per heavy atom. The second-order valence-corrected chi connectivity index (χ2v) is 5.03. The van der Waals surface area contributed by atoms with Crippen LogP contribution < -0.4 is 0 Å². The van der Waals surface area contributed by atoms with E-state index in [4.69, 9.17) is 4.74 Å². The summed E-state index contributed by atoms with van der Waals surface area (Å²) in [5.74, 6) is 0.239. The van der Waals surface area contributed by atoms with Crippen molar-refractivity contribution in [2.45, 2.75) is 12.8 Å². The Labute approximate surface area is 78.7 Å². The number of rotatable bonds is 4. The largest absolute Gasteiger partial charge is 0.359 e. The molecule has 0 amide bonds. The molecule has 0 aromatic heterocycles. The molecule has 0 aromatic carbocycles. The van der Waals surface area contributed by atoms with E-state index in [0.29, 0.717) is 6.54 Å². The molecule has 1 fully saturated rings. The van der Waals surface area contributed by atoms with Crippen LogP contribution >= 0.6 is 0 Å². The molecule has 0 unspecified atom stereocenters. The van der Waals surface area contributed by atoms with Gasteiger partial charge < -0.3 is 9.47 Å². The smallest absolute Gasteiger partial charge is 0.216 e. The van der Waals surface area contributed by atoms with Gasteiger partial charge in [0.2, 0.25) is 10.0 Å². The molecule has 78 valence electrons. The normalized spacial score (nSPS) is 23.2. The molecule has 0 N–H and O–H groups in total. The van der Waals surface area contributed by atoms with Crippen molar-refractivity contribution in [2.75, 3.05) is 32.9 Å². The van der Waals surface area contributed by atoms with Crippen LogP contribution in [0.3, 0.4) is 0 Å². The van der Waals surface area contributed by atoms with Gasteiger partial charge in [-0.15, -0.1) is 0 Å². The zero-order valence-electron chi connectivity index (χ0n) is 7.73. The number of sulfonamides is 1. The topological polar surface area (TPSA) is 55.8 Å². The van der Waals surface area contributed by atoms with Crippen molar-refractivity contribution in [2.24, 2.45) is 0 Å². The molecule has 6 heteroatoms. The van der Waals surface area contributed by atoms with Gasteiger partial charge in [0, 0.05) is 13.7 Å². The molecule has 0 atom stereocenters. The van der Waals surface area contributed by atoms with Crippen molar-refractivity contribution in [3.05, 3.63) is 0 Å². The summed E-state index contributed by atoms with van der Waals surface area (Å²) in [4.78, 5) is 0. The number of hydrogen-bond donors (Lipinski definition) is 0. The third-order valence-electron chi connectivity index (χ3n) is 1.89. The summed E-state index contributed by atoms with van der Waals surface area (Å²) >= 11 is 0. The molecule has 0 bridgehead atoms. The Hall–Kier alpha value is -0.170. The van der Waals surface area contributed by atoms with Crippen LogP contribution in [0.2, 0.25) is 0 Å². The Kier molecular flexibility index (Phi) is 4.11. The SMILES string of the molecule is COCOCN1CCCCS1(=O)=O. The quantitative estimate of drug-likeness (QED) is 0.482. The van der Waals surface area contributed by atoms with Gasteiger partial charge in [0.15, 0.2) is 0 Å². The summed E-state index contributed by atoms with van der Waals surface area (Å²) in [6.07, 6.45) is 1.67. The van der Waals surface area contributed by atoms with E-state index < -0.39 is 10.0 Å². The van der Waals surface area contributed by atoms with Gasteiger partial charge in [0.25, 0.3) is 0 Å². The van der Waals surface area contributed by atoms with Crippen molar-refractivity contribution < 1.29 is 17.9 Å². The summed E-state index contributed by atoms with van der Waals surface area (Å²) in [6.45, 7) is 0.800. The molecule has 1 rings (SSSR count). The van der Waals surface area contributed by atoms with Crippen molar-refractivity contribution in [1.29, 1.82) is 0 Å². The maximum atomic E-state index is 11.4. The molecular weight excluding hydrogens is 194 g/mol. The second-order valence-electron chi connectivity index (χ2n) is 2.94. The fourth-order valence-electron chi connectivity index (χ4n) is 1.21. The second kappa shape index (κ2) is 4.90. The predicted octanol–water partition coefficient (Wildman–Crippen LogP) is -0.01000. The van der Waals surface area contributed by atoms with Gasteiger partial charge in [-0.25, -0.2) is 8.42 Å². The number of methoxy groups -OCH3 is 1. The van der Waals surface area contributed by atoms with Gasteiger partial charge in [0.1, 0.15) is 13.5 Å². The highest BCUT2D eigenvalue weighted by molar-refractivity contribution is 7.89. The summed E-state index contributed by atoms with van der Waals surface area (Å²) in [5.41, 5.74) is 0. The van der Waals surface area contributed by atoms with Crippen LogP contribution in [0.15, 0.2) is 0 Å². The van der Waals surface area contributed by atoms with Gasteiger partial charge >= 0.3 is 0 Å². The third-order valence-corrected chi connectivity index (χ3v) is 3.77. The lowest BCUT2D eigenvalue weighted by Gasteiger charge is -2.25. The first-order chi connectivity index (χ1) is 6.17. The minimum atomic E-state index is -3.05. The fourth-order valence-corrected chi connectivity index (χ4v) is 2.68. The van der Waals surface area contributed by atoms with Crippen LogP contribution in [0, 0.1) is 0 Å². The van der Waals surface area contributed by atoms with Crippen LogP contribution in [-0.4, -0.2) is 45.7 Å². The molecule has 0 aliphatic carbocycles. The molecule has 0 saturated carbocycles. The number of nitrogens with zero attached hydrogens (tertiary/aromatic N) is 1. The molecule has 5 nitrogen and oxygen atoms in total. The number of hydrogen-bond acceptors (Lipinski definition) is 4. The standard InChI is InChI=1S/C7H15NO4S/c1-11-7-12-6-8-4-2-3-5-13(8,9)10/h2-7H2,1H3. The van der Waals surface area contributed by atoms with Crippen molar-refractivity contribution in [3.8, 4) is 0 Å². The van der Waals surface area contributed by atoms with E-state index in [1.165, 1.54) is 11.4 Å².